The molecule has 0 saturated heterocycles. The van der Waals surface area contributed by atoms with E-state index in [4.69, 9.17) is 5.11 Å². The smallest absolute Gasteiger partial charge is 0.323 e. The van der Waals surface area contributed by atoms with Crippen LogP contribution in [0.1, 0.15) is 28.4 Å². The second-order valence-corrected chi connectivity index (χ2v) is 5.46. The van der Waals surface area contributed by atoms with Crippen molar-refractivity contribution in [3.8, 4) is 0 Å². The van der Waals surface area contributed by atoms with E-state index in [2.05, 4.69) is 0 Å². The molecular formula is C19H17NO3. The standard InChI is InChI=1S/C19H17NO3/c1-2-13-8-9-15-16(19(23)14-6-4-3-5-7-14)11-20(12-18(21)22)17(15)10-13/h3-11H,2,12H2,1H3,(H,21,22). The average molecular weight is 307 g/mol. The Balaban J connectivity index is 2.17. The minimum atomic E-state index is -0.928. The Labute approximate surface area is 134 Å². The van der Waals surface area contributed by atoms with Gasteiger partial charge in [0, 0.05) is 28.2 Å². The molecule has 23 heavy (non-hydrogen) atoms. The van der Waals surface area contributed by atoms with Crippen molar-refractivity contribution in [2.75, 3.05) is 0 Å². The lowest BCUT2D eigenvalue weighted by Gasteiger charge is -2.03. The summed E-state index contributed by atoms with van der Waals surface area (Å²) in [6, 6.07) is 14.9. The van der Waals surface area contributed by atoms with Gasteiger partial charge in [-0.05, 0) is 18.1 Å². The van der Waals surface area contributed by atoms with Gasteiger partial charge in [0.1, 0.15) is 6.54 Å². The highest BCUT2D eigenvalue weighted by Gasteiger charge is 2.17. The molecule has 0 unspecified atom stereocenters. The summed E-state index contributed by atoms with van der Waals surface area (Å²) in [6.07, 6.45) is 2.50. The lowest BCUT2D eigenvalue weighted by atomic mass is 10.0. The predicted octanol–water partition coefficient (Wildman–Crippen LogP) is 3.52. The van der Waals surface area contributed by atoms with Crippen molar-refractivity contribution in [2.24, 2.45) is 0 Å². The predicted molar refractivity (Wildman–Crippen MR) is 88.8 cm³/mol. The first-order valence-corrected chi connectivity index (χ1v) is 7.53. The Morgan fingerprint density at radius 3 is 2.48 bits per heavy atom. The number of fused-ring (bicyclic) bond motifs is 1. The van der Waals surface area contributed by atoms with Crippen LogP contribution in [0.25, 0.3) is 10.9 Å². The fourth-order valence-corrected chi connectivity index (χ4v) is 2.76. The number of aromatic nitrogens is 1. The fourth-order valence-electron chi connectivity index (χ4n) is 2.76. The molecule has 3 rings (SSSR count). The first kappa shape index (κ1) is 15.0. The summed E-state index contributed by atoms with van der Waals surface area (Å²) in [4.78, 5) is 23.9. The zero-order chi connectivity index (χ0) is 16.4. The minimum Gasteiger partial charge on any atom is -0.480 e. The molecule has 4 nitrogen and oxygen atoms in total. The van der Waals surface area contributed by atoms with Gasteiger partial charge in [-0.25, -0.2) is 0 Å². The summed E-state index contributed by atoms with van der Waals surface area (Å²) < 4.78 is 1.63. The monoisotopic (exact) mass is 307 g/mol. The van der Waals surface area contributed by atoms with E-state index in [0.717, 1.165) is 22.9 Å². The van der Waals surface area contributed by atoms with Crippen LogP contribution in [0.5, 0.6) is 0 Å². The van der Waals surface area contributed by atoms with Gasteiger partial charge in [0.2, 0.25) is 0 Å². The van der Waals surface area contributed by atoms with Gasteiger partial charge < -0.3 is 9.67 Å². The Bertz CT molecular complexity index is 878. The average Bonchev–Trinajstić information content (AvgIpc) is 2.92. The zero-order valence-corrected chi connectivity index (χ0v) is 12.8. The maximum atomic E-state index is 12.8. The fraction of sp³-hybridized carbons (Fsp3) is 0.158. The summed E-state index contributed by atoms with van der Waals surface area (Å²) >= 11 is 0. The van der Waals surface area contributed by atoms with E-state index in [-0.39, 0.29) is 12.3 Å². The maximum absolute atomic E-state index is 12.8. The molecule has 1 aromatic heterocycles. The molecule has 0 atom stereocenters. The summed E-state index contributed by atoms with van der Waals surface area (Å²) in [6.45, 7) is 1.88. The summed E-state index contributed by atoms with van der Waals surface area (Å²) in [7, 11) is 0. The number of hydrogen-bond donors (Lipinski definition) is 1. The molecule has 0 bridgehead atoms. The molecule has 1 heterocycles. The van der Waals surface area contributed by atoms with Gasteiger partial charge in [-0.1, -0.05) is 49.4 Å². The van der Waals surface area contributed by atoms with Crippen LogP contribution in [0, 0.1) is 0 Å². The van der Waals surface area contributed by atoms with Crippen molar-refractivity contribution in [3.05, 3.63) is 71.4 Å². The maximum Gasteiger partial charge on any atom is 0.323 e. The van der Waals surface area contributed by atoms with Crippen LogP contribution in [0.3, 0.4) is 0 Å². The molecule has 0 saturated carbocycles. The number of carboxylic acid groups (broad SMARTS) is 1. The molecule has 0 aliphatic rings. The normalized spacial score (nSPS) is 10.8. The van der Waals surface area contributed by atoms with Gasteiger partial charge in [0.15, 0.2) is 5.78 Å². The zero-order valence-electron chi connectivity index (χ0n) is 12.8. The first-order chi connectivity index (χ1) is 11.1. The highest BCUT2D eigenvalue weighted by molar-refractivity contribution is 6.16. The van der Waals surface area contributed by atoms with E-state index in [1.807, 2.05) is 43.3 Å². The van der Waals surface area contributed by atoms with Crippen molar-refractivity contribution in [1.82, 2.24) is 4.57 Å². The number of benzene rings is 2. The number of hydrogen-bond acceptors (Lipinski definition) is 2. The third kappa shape index (κ3) is 2.88. The molecule has 0 radical (unpaired) electrons. The molecule has 1 N–H and O–H groups in total. The van der Waals surface area contributed by atoms with E-state index in [9.17, 15) is 9.59 Å². The van der Waals surface area contributed by atoms with Crippen LogP contribution in [-0.4, -0.2) is 21.4 Å². The molecule has 2 aromatic carbocycles. The highest BCUT2D eigenvalue weighted by atomic mass is 16.4. The number of rotatable bonds is 5. The van der Waals surface area contributed by atoms with E-state index in [1.165, 1.54) is 0 Å². The van der Waals surface area contributed by atoms with Gasteiger partial charge in [-0.2, -0.15) is 0 Å². The van der Waals surface area contributed by atoms with E-state index < -0.39 is 5.97 Å². The largest absolute Gasteiger partial charge is 0.480 e. The van der Waals surface area contributed by atoms with Crippen LogP contribution in [0.2, 0.25) is 0 Å². The van der Waals surface area contributed by atoms with Crippen molar-refractivity contribution in [1.29, 1.82) is 0 Å². The van der Waals surface area contributed by atoms with Crippen LogP contribution in [-0.2, 0) is 17.8 Å². The second kappa shape index (κ2) is 6.08. The molecular weight excluding hydrogens is 290 g/mol. The van der Waals surface area contributed by atoms with Crippen molar-refractivity contribution in [3.63, 3.8) is 0 Å². The minimum absolute atomic E-state index is 0.0935. The highest BCUT2D eigenvalue weighted by Crippen LogP contribution is 2.25. The van der Waals surface area contributed by atoms with Gasteiger partial charge in [-0.3, -0.25) is 9.59 Å². The molecule has 0 fully saturated rings. The molecule has 0 aliphatic heterocycles. The molecule has 0 aliphatic carbocycles. The van der Waals surface area contributed by atoms with Crippen LogP contribution in [0.4, 0.5) is 0 Å². The van der Waals surface area contributed by atoms with Crippen LogP contribution in [0.15, 0.2) is 54.7 Å². The Morgan fingerprint density at radius 1 is 1.09 bits per heavy atom. The van der Waals surface area contributed by atoms with E-state index in [0.29, 0.717) is 11.1 Å². The van der Waals surface area contributed by atoms with Gasteiger partial charge in [-0.15, -0.1) is 0 Å². The molecule has 3 aromatic rings. The van der Waals surface area contributed by atoms with Crippen molar-refractivity contribution >= 4 is 22.7 Å². The summed E-state index contributed by atoms with van der Waals surface area (Å²) in [5.41, 5.74) is 3.03. The number of aliphatic carboxylic acids is 1. The van der Waals surface area contributed by atoms with Gasteiger partial charge in [0.05, 0.1) is 0 Å². The third-order valence-electron chi connectivity index (χ3n) is 3.94. The van der Waals surface area contributed by atoms with Gasteiger partial charge in [0.25, 0.3) is 0 Å². The molecule has 4 heteroatoms. The number of aryl methyl sites for hydroxylation is 1. The lowest BCUT2D eigenvalue weighted by molar-refractivity contribution is -0.137. The number of carbonyl (C=O) groups is 2. The van der Waals surface area contributed by atoms with Crippen LogP contribution >= 0.6 is 0 Å². The number of carbonyl (C=O) groups excluding carboxylic acids is 1. The lowest BCUT2D eigenvalue weighted by Crippen LogP contribution is -2.07. The van der Waals surface area contributed by atoms with Crippen molar-refractivity contribution < 1.29 is 14.7 Å². The topological polar surface area (TPSA) is 59.3 Å². The molecule has 0 spiro atoms. The first-order valence-electron chi connectivity index (χ1n) is 7.53. The van der Waals surface area contributed by atoms with E-state index in [1.54, 1.807) is 22.9 Å². The third-order valence-corrected chi connectivity index (χ3v) is 3.94. The second-order valence-electron chi connectivity index (χ2n) is 5.46. The van der Waals surface area contributed by atoms with Gasteiger partial charge >= 0.3 is 5.97 Å². The number of ketones is 1. The molecule has 116 valence electrons. The number of carboxylic acids is 1. The van der Waals surface area contributed by atoms with Crippen LogP contribution < -0.4 is 0 Å². The van der Waals surface area contributed by atoms with E-state index >= 15 is 0 Å². The quantitative estimate of drug-likeness (QED) is 0.734. The summed E-state index contributed by atoms with van der Waals surface area (Å²) in [5.74, 6) is -1.02. The Morgan fingerprint density at radius 2 is 1.83 bits per heavy atom. The Kier molecular flexibility index (Phi) is 3.98. The molecule has 0 amide bonds. The van der Waals surface area contributed by atoms with Crippen molar-refractivity contribution in [2.45, 2.75) is 19.9 Å². The summed E-state index contributed by atoms with van der Waals surface area (Å²) in [5, 5.41) is 9.90. The SMILES string of the molecule is CCc1ccc2c(C(=O)c3ccccc3)cn(CC(=O)O)c2c1. The Hall–Kier alpha value is -2.88. The number of nitrogens with zero attached hydrogens (tertiary/aromatic N) is 1.